The Labute approximate surface area is 159 Å². The van der Waals surface area contributed by atoms with Gasteiger partial charge in [0.25, 0.3) is 10.0 Å². The van der Waals surface area contributed by atoms with Crippen LogP contribution >= 0.6 is 22.9 Å². The van der Waals surface area contributed by atoms with Crippen LogP contribution in [0, 0.1) is 5.92 Å². The Bertz CT molecular complexity index is 689. The zero-order valence-electron chi connectivity index (χ0n) is 14.3. The normalized spacial score (nSPS) is 21.2. The van der Waals surface area contributed by atoms with Crippen LogP contribution in [0.1, 0.15) is 44.9 Å². The topological polar surface area (TPSA) is 57.7 Å². The summed E-state index contributed by atoms with van der Waals surface area (Å²) in [5.41, 5.74) is 0. The zero-order chi connectivity index (χ0) is 17.9. The van der Waals surface area contributed by atoms with Gasteiger partial charge in [0.15, 0.2) is 0 Å². The first-order chi connectivity index (χ1) is 12.0. The van der Waals surface area contributed by atoms with Gasteiger partial charge in [-0.1, -0.05) is 24.4 Å². The molecule has 3 heterocycles. The molecular formula is C17H25ClN2O3S2. The average molecular weight is 405 g/mol. The highest BCUT2D eigenvalue weighted by molar-refractivity contribution is 7.91. The highest BCUT2D eigenvalue weighted by Gasteiger charge is 2.31. The van der Waals surface area contributed by atoms with Crippen molar-refractivity contribution in [2.45, 2.75) is 49.2 Å². The van der Waals surface area contributed by atoms with E-state index in [1.54, 1.807) is 12.1 Å². The van der Waals surface area contributed by atoms with Crippen molar-refractivity contribution in [3.63, 3.8) is 0 Å². The van der Waals surface area contributed by atoms with Crippen LogP contribution in [0.5, 0.6) is 0 Å². The molecule has 0 radical (unpaired) electrons. The van der Waals surface area contributed by atoms with Gasteiger partial charge in [0.1, 0.15) is 4.21 Å². The van der Waals surface area contributed by atoms with Crippen molar-refractivity contribution in [3.8, 4) is 0 Å². The standard InChI is InChI=1S/C17H25ClN2O3S2/c18-15-5-6-17(24-15)25(22,23)20-11-7-14(8-12-20)13-16(21)19-9-3-1-2-4-10-19/h5-6,14H,1-4,7-13H2. The molecule has 25 heavy (non-hydrogen) atoms. The molecule has 0 N–H and O–H groups in total. The molecule has 0 aromatic carbocycles. The van der Waals surface area contributed by atoms with E-state index in [1.165, 1.54) is 17.1 Å². The molecule has 140 valence electrons. The lowest BCUT2D eigenvalue weighted by Crippen LogP contribution is -2.40. The fourth-order valence-corrected chi connectivity index (χ4v) is 6.72. The summed E-state index contributed by atoms with van der Waals surface area (Å²) in [6.45, 7) is 2.72. The van der Waals surface area contributed by atoms with Crippen LogP contribution in [-0.4, -0.2) is 49.7 Å². The summed E-state index contributed by atoms with van der Waals surface area (Å²) < 4.78 is 27.6. The quantitative estimate of drug-likeness (QED) is 0.770. The van der Waals surface area contributed by atoms with Crippen LogP contribution in [0.2, 0.25) is 4.34 Å². The number of hydrogen-bond acceptors (Lipinski definition) is 4. The average Bonchev–Trinajstić information content (AvgIpc) is 2.86. The van der Waals surface area contributed by atoms with Gasteiger partial charge in [-0.05, 0) is 43.7 Å². The van der Waals surface area contributed by atoms with Gasteiger partial charge in [-0.25, -0.2) is 8.42 Å². The summed E-state index contributed by atoms with van der Waals surface area (Å²) in [6.07, 6.45) is 6.69. The van der Waals surface area contributed by atoms with Gasteiger partial charge < -0.3 is 4.90 Å². The molecule has 1 amide bonds. The predicted molar refractivity (Wildman–Crippen MR) is 100 cm³/mol. The minimum Gasteiger partial charge on any atom is -0.343 e. The number of rotatable bonds is 4. The first-order valence-corrected chi connectivity index (χ1v) is 11.6. The Kier molecular flexibility index (Phi) is 6.41. The lowest BCUT2D eigenvalue weighted by Gasteiger charge is -2.31. The summed E-state index contributed by atoms with van der Waals surface area (Å²) in [7, 11) is -3.45. The minimum absolute atomic E-state index is 0.244. The number of carbonyl (C=O) groups is 1. The smallest absolute Gasteiger partial charge is 0.252 e. The fourth-order valence-electron chi connectivity index (χ4n) is 3.61. The van der Waals surface area contributed by atoms with E-state index in [9.17, 15) is 13.2 Å². The van der Waals surface area contributed by atoms with E-state index < -0.39 is 10.0 Å². The molecule has 3 rings (SSSR count). The first-order valence-electron chi connectivity index (χ1n) is 9.00. The third-order valence-electron chi connectivity index (χ3n) is 5.14. The molecule has 1 aromatic rings. The predicted octanol–water partition coefficient (Wildman–Crippen LogP) is 3.59. The molecule has 8 heteroatoms. The fraction of sp³-hybridized carbons (Fsp3) is 0.706. The summed E-state index contributed by atoms with van der Waals surface area (Å²) in [6, 6.07) is 3.18. The van der Waals surface area contributed by atoms with Gasteiger partial charge in [0, 0.05) is 32.6 Å². The van der Waals surface area contributed by atoms with E-state index in [0.717, 1.165) is 50.1 Å². The largest absolute Gasteiger partial charge is 0.343 e. The van der Waals surface area contributed by atoms with E-state index in [1.807, 2.05) is 4.90 Å². The van der Waals surface area contributed by atoms with Gasteiger partial charge in [0.05, 0.1) is 4.34 Å². The third kappa shape index (κ3) is 4.76. The molecule has 1 aromatic heterocycles. The van der Waals surface area contributed by atoms with Gasteiger partial charge in [-0.2, -0.15) is 4.31 Å². The maximum Gasteiger partial charge on any atom is 0.252 e. The number of carbonyl (C=O) groups excluding carboxylic acids is 1. The van der Waals surface area contributed by atoms with Crippen molar-refractivity contribution >= 4 is 38.9 Å². The highest BCUT2D eigenvalue weighted by atomic mass is 35.5. The Hall–Kier alpha value is -0.630. The number of piperidine rings is 1. The van der Waals surface area contributed by atoms with Gasteiger partial charge in [-0.3, -0.25) is 4.79 Å². The highest BCUT2D eigenvalue weighted by Crippen LogP contribution is 2.31. The molecule has 0 bridgehead atoms. The summed E-state index contributed by atoms with van der Waals surface area (Å²) in [5, 5.41) is 0. The molecule has 2 aliphatic rings. The molecule has 0 atom stereocenters. The van der Waals surface area contributed by atoms with Crippen LogP contribution in [0.3, 0.4) is 0 Å². The van der Waals surface area contributed by atoms with E-state index in [0.29, 0.717) is 28.1 Å². The Morgan fingerprint density at radius 1 is 1.08 bits per heavy atom. The molecule has 0 spiro atoms. The molecule has 0 unspecified atom stereocenters. The van der Waals surface area contributed by atoms with Crippen LogP contribution in [0.25, 0.3) is 0 Å². The van der Waals surface area contributed by atoms with Crippen molar-refractivity contribution < 1.29 is 13.2 Å². The number of amides is 1. The molecule has 5 nitrogen and oxygen atoms in total. The number of likely N-dealkylation sites (tertiary alicyclic amines) is 1. The maximum atomic E-state index is 12.6. The summed E-state index contributed by atoms with van der Waals surface area (Å²) >= 11 is 6.96. The van der Waals surface area contributed by atoms with Crippen molar-refractivity contribution in [1.82, 2.24) is 9.21 Å². The Morgan fingerprint density at radius 3 is 2.28 bits per heavy atom. The second-order valence-corrected chi connectivity index (χ2v) is 10.8. The first kappa shape index (κ1) is 19.1. The van der Waals surface area contributed by atoms with E-state index >= 15 is 0 Å². The van der Waals surface area contributed by atoms with Crippen molar-refractivity contribution in [2.75, 3.05) is 26.2 Å². The summed E-state index contributed by atoms with van der Waals surface area (Å²) in [4.78, 5) is 14.5. The maximum absolute atomic E-state index is 12.6. The van der Waals surface area contributed by atoms with Gasteiger partial charge in [-0.15, -0.1) is 11.3 Å². The van der Waals surface area contributed by atoms with E-state index in [4.69, 9.17) is 11.6 Å². The lowest BCUT2D eigenvalue weighted by atomic mass is 9.94. The third-order valence-corrected chi connectivity index (χ3v) is 8.74. The van der Waals surface area contributed by atoms with Crippen molar-refractivity contribution in [3.05, 3.63) is 16.5 Å². The Morgan fingerprint density at radius 2 is 1.72 bits per heavy atom. The second-order valence-electron chi connectivity index (χ2n) is 6.91. The van der Waals surface area contributed by atoms with Crippen molar-refractivity contribution in [1.29, 1.82) is 0 Å². The monoisotopic (exact) mass is 404 g/mol. The van der Waals surface area contributed by atoms with Crippen LogP contribution in [-0.2, 0) is 14.8 Å². The van der Waals surface area contributed by atoms with Crippen molar-refractivity contribution in [2.24, 2.45) is 5.92 Å². The van der Waals surface area contributed by atoms with Crippen LogP contribution in [0.15, 0.2) is 16.3 Å². The number of thiophene rings is 1. The van der Waals surface area contributed by atoms with Crippen LogP contribution < -0.4 is 0 Å². The SMILES string of the molecule is O=C(CC1CCN(S(=O)(=O)c2ccc(Cl)s2)CC1)N1CCCCCC1. The minimum atomic E-state index is -3.45. The molecule has 0 aliphatic carbocycles. The lowest BCUT2D eigenvalue weighted by molar-refractivity contribution is -0.132. The molecule has 2 aliphatic heterocycles. The molecule has 2 saturated heterocycles. The van der Waals surface area contributed by atoms with Gasteiger partial charge in [0.2, 0.25) is 5.91 Å². The number of nitrogens with zero attached hydrogens (tertiary/aromatic N) is 2. The molecule has 0 saturated carbocycles. The number of hydrogen-bond donors (Lipinski definition) is 0. The Balaban J connectivity index is 1.52. The summed E-state index contributed by atoms with van der Waals surface area (Å²) in [5.74, 6) is 0.530. The van der Waals surface area contributed by atoms with Crippen LogP contribution in [0.4, 0.5) is 0 Å². The number of sulfonamides is 1. The second kappa shape index (κ2) is 8.37. The van der Waals surface area contributed by atoms with E-state index in [2.05, 4.69) is 0 Å². The van der Waals surface area contributed by atoms with Gasteiger partial charge >= 0.3 is 0 Å². The number of halogens is 1. The van der Waals surface area contributed by atoms with E-state index in [-0.39, 0.29) is 11.8 Å². The molecular weight excluding hydrogens is 380 g/mol. The zero-order valence-corrected chi connectivity index (χ0v) is 16.7. The molecule has 2 fully saturated rings.